The number of ether oxygens (including phenoxy) is 1. The first-order valence-corrected chi connectivity index (χ1v) is 7.23. The summed E-state index contributed by atoms with van der Waals surface area (Å²) in [6.45, 7) is 1.82. The molecule has 24 heavy (non-hydrogen) atoms. The van der Waals surface area contributed by atoms with Crippen molar-refractivity contribution in [1.82, 2.24) is 5.32 Å². The van der Waals surface area contributed by atoms with Gasteiger partial charge in [-0.15, -0.1) is 0 Å². The van der Waals surface area contributed by atoms with Crippen molar-refractivity contribution in [2.45, 2.75) is 32.2 Å². The monoisotopic (exact) mass is 336 g/mol. The van der Waals surface area contributed by atoms with Gasteiger partial charge in [0.05, 0.1) is 19.1 Å². The van der Waals surface area contributed by atoms with Gasteiger partial charge in [0, 0.05) is 12.8 Å². The van der Waals surface area contributed by atoms with Crippen molar-refractivity contribution in [3.8, 4) is 5.75 Å². The average Bonchev–Trinajstić information content (AvgIpc) is 2.51. The van der Waals surface area contributed by atoms with Crippen LogP contribution in [0.2, 0.25) is 0 Å². The minimum Gasteiger partial charge on any atom is -0.496 e. The van der Waals surface area contributed by atoms with Crippen LogP contribution in [0.4, 0.5) is 0 Å². The summed E-state index contributed by atoms with van der Waals surface area (Å²) < 4.78 is 5.12. The molecule has 1 unspecified atom stereocenters. The summed E-state index contributed by atoms with van der Waals surface area (Å²) in [6.07, 6.45) is -0.840. The van der Waals surface area contributed by atoms with E-state index in [9.17, 15) is 19.2 Å². The largest absolute Gasteiger partial charge is 0.496 e. The number of aryl methyl sites for hydroxylation is 1. The molecular weight excluding hydrogens is 316 g/mol. The number of amides is 2. The number of carbonyl (C=O) groups is 4. The number of nitrogens with one attached hydrogen (secondary N) is 1. The first kappa shape index (κ1) is 19.1. The van der Waals surface area contributed by atoms with Gasteiger partial charge in [-0.25, -0.2) is 4.79 Å². The molecule has 4 N–H and O–H groups in total. The van der Waals surface area contributed by atoms with Crippen LogP contribution in [0.3, 0.4) is 0 Å². The Morgan fingerprint density at radius 1 is 1.25 bits per heavy atom. The molecule has 8 heteroatoms. The number of primary amides is 1. The zero-order chi connectivity index (χ0) is 18.3. The van der Waals surface area contributed by atoms with Crippen LogP contribution in [-0.4, -0.2) is 41.8 Å². The number of ketones is 1. The molecule has 8 nitrogen and oxygen atoms in total. The molecule has 2 amide bonds. The number of carbonyl (C=O) groups excluding carboxylic acids is 3. The van der Waals surface area contributed by atoms with Gasteiger partial charge >= 0.3 is 5.97 Å². The van der Waals surface area contributed by atoms with Crippen LogP contribution in [0.25, 0.3) is 0 Å². The molecule has 0 saturated carbocycles. The fourth-order valence-corrected chi connectivity index (χ4v) is 2.07. The zero-order valence-corrected chi connectivity index (χ0v) is 13.5. The van der Waals surface area contributed by atoms with Gasteiger partial charge in [0.1, 0.15) is 11.8 Å². The predicted molar refractivity (Wildman–Crippen MR) is 84.7 cm³/mol. The Hall–Kier alpha value is -2.90. The second kappa shape index (κ2) is 8.66. The number of nitrogens with two attached hydrogens (primary N) is 1. The number of carboxylic acid groups (broad SMARTS) is 1. The summed E-state index contributed by atoms with van der Waals surface area (Å²) in [6, 6.07) is 3.71. The third-order valence-electron chi connectivity index (χ3n) is 3.27. The molecule has 0 saturated heterocycles. The van der Waals surface area contributed by atoms with Crippen LogP contribution in [-0.2, 0) is 14.4 Å². The van der Waals surface area contributed by atoms with Crippen molar-refractivity contribution in [1.29, 1.82) is 0 Å². The molecule has 0 aromatic heterocycles. The van der Waals surface area contributed by atoms with E-state index in [1.807, 2.05) is 6.92 Å². The molecule has 130 valence electrons. The molecule has 0 radical (unpaired) electrons. The van der Waals surface area contributed by atoms with Crippen LogP contribution in [0.1, 0.15) is 35.2 Å². The predicted octanol–water partition coefficient (Wildman–Crippen LogP) is 0.411. The topological polar surface area (TPSA) is 136 Å². The lowest BCUT2D eigenvalue weighted by Gasteiger charge is -2.13. The van der Waals surface area contributed by atoms with E-state index < -0.39 is 30.2 Å². The Bertz CT molecular complexity index is 656. The standard InChI is InChI=1S/C16H20N2O6/c1-9-3-5-13(24-2)10(7-9)12(19)4-6-15(21)18-11(16(22)23)8-14(17)20/h3,5,7,11H,4,6,8H2,1-2H3,(H2,17,20)(H,18,21)(H,22,23). The molecule has 1 rings (SSSR count). The highest BCUT2D eigenvalue weighted by molar-refractivity contribution is 6.00. The van der Waals surface area contributed by atoms with Crippen LogP contribution in [0, 0.1) is 6.92 Å². The van der Waals surface area contributed by atoms with Crippen molar-refractivity contribution in [3.63, 3.8) is 0 Å². The highest BCUT2D eigenvalue weighted by Crippen LogP contribution is 2.21. The maximum Gasteiger partial charge on any atom is 0.326 e. The SMILES string of the molecule is COc1ccc(C)cc1C(=O)CCC(=O)NC(CC(N)=O)C(=O)O. The number of methoxy groups -OCH3 is 1. The van der Waals surface area contributed by atoms with Gasteiger partial charge in [0.15, 0.2) is 5.78 Å². The first-order chi connectivity index (χ1) is 11.2. The summed E-state index contributed by atoms with van der Waals surface area (Å²) in [5.41, 5.74) is 6.16. The van der Waals surface area contributed by atoms with Gasteiger partial charge in [-0.05, 0) is 19.1 Å². The van der Waals surface area contributed by atoms with Crippen LogP contribution >= 0.6 is 0 Å². The van der Waals surface area contributed by atoms with Crippen molar-refractivity contribution in [2.24, 2.45) is 5.73 Å². The molecule has 0 fully saturated rings. The van der Waals surface area contributed by atoms with Gasteiger partial charge in [-0.1, -0.05) is 11.6 Å². The number of aliphatic carboxylic acids is 1. The summed E-state index contributed by atoms with van der Waals surface area (Å²) in [4.78, 5) is 45.7. The Balaban J connectivity index is 2.66. The van der Waals surface area contributed by atoms with E-state index >= 15 is 0 Å². The molecule has 0 aliphatic heterocycles. The zero-order valence-electron chi connectivity index (χ0n) is 13.5. The van der Waals surface area contributed by atoms with Crippen molar-refractivity contribution >= 4 is 23.6 Å². The summed E-state index contributed by atoms with van der Waals surface area (Å²) >= 11 is 0. The molecule has 0 aliphatic rings. The quantitative estimate of drug-likeness (QED) is 0.559. The minimum atomic E-state index is -1.40. The second-order valence-electron chi connectivity index (χ2n) is 5.26. The Morgan fingerprint density at radius 2 is 1.92 bits per heavy atom. The maximum atomic E-state index is 12.2. The maximum absolute atomic E-state index is 12.2. The molecule has 1 aromatic rings. The smallest absolute Gasteiger partial charge is 0.326 e. The van der Waals surface area contributed by atoms with E-state index in [4.69, 9.17) is 15.6 Å². The molecule has 1 atom stereocenters. The minimum absolute atomic E-state index is 0.117. The van der Waals surface area contributed by atoms with E-state index in [-0.39, 0.29) is 18.6 Å². The van der Waals surface area contributed by atoms with E-state index in [1.54, 1.807) is 18.2 Å². The fourth-order valence-electron chi connectivity index (χ4n) is 2.07. The van der Waals surface area contributed by atoms with Gasteiger partial charge < -0.3 is 20.9 Å². The van der Waals surface area contributed by atoms with E-state index in [2.05, 4.69) is 5.32 Å². The highest BCUT2D eigenvalue weighted by Gasteiger charge is 2.22. The van der Waals surface area contributed by atoms with Gasteiger partial charge in [-0.2, -0.15) is 0 Å². The number of hydrogen-bond acceptors (Lipinski definition) is 5. The number of carboxylic acids is 1. The lowest BCUT2D eigenvalue weighted by Crippen LogP contribution is -2.43. The number of rotatable bonds is 9. The molecule has 1 aromatic carbocycles. The number of benzene rings is 1. The summed E-state index contributed by atoms with van der Waals surface area (Å²) in [7, 11) is 1.44. The highest BCUT2D eigenvalue weighted by atomic mass is 16.5. The number of Topliss-reactive ketones (excluding diaryl/α,β-unsaturated/α-hetero) is 1. The Morgan fingerprint density at radius 3 is 2.46 bits per heavy atom. The molecule has 0 bridgehead atoms. The molecule has 0 spiro atoms. The third kappa shape index (κ3) is 5.71. The molecule has 0 aliphatic carbocycles. The Labute approximate surface area is 139 Å². The van der Waals surface area contributed by atoms with Gasteiger partial charge in [0.2, 0.25) is 11.8 Å². The van der Waals surface area contributed by atoms with Gasteiger partial charge in [-0.3, -0.25) is 14.4 Å². The van der Waals surface area contributed by atoms with E-state index in [0.29, 0.717) is 11.3 Å². The second-order valence-corrected chi connectivity index (χ2v) is 5.26. The normalized spacial score (nSPS) is 11.4. The molecule has 0 heterocycles. The lowest BCUT2D eigenvalue weighted by atomic mass is 10.0. The van der Waals surface area contributed by atoms with Crippen LogP contribution in [0.5, 0.6) is 5.75 Å². The molecular formula is C16H20N2O6. The Kier molecular flexibility index (Phi) is 6.91. The summed E-state index contributed by atoms with van der Waals surface area (Å²) in [5.74, 6) is -2.75. The van der Waals surface area contributed by atoms with Crippen molar-refractivity contribution < 1.29 is 29.0 Å². The van der Waals surface area contributed by atoms with Gasteiger partial charge in [0.25, 0.3) is 0 Å². The van der Waals surface area contributed by atoms with Crippen LogP contribution in [0.15, 0.2) is 18.2 Å². The third-order valence-corrected chi connectivity index (χ3v) is 3.27. The fraction of sp³-hybridized carbons (Fsp3) is 0.375. The van der Waals surface area contributed by atoms with Crippen molar-refractivity contribution in [3.05, 3.63) is 29.3 Å². The van der Waals surface area contributed by atoms with E-state index in [0.717, 1.165) is 5.56 Å². The lowest BCUT2D eigenvalue weighted by molar-refractivity contribution is -0.143. The average molecular weight is 336 g/mol. The van der Waals surface area contributed by atoms with E-state index in [1.165, 1.54) is 7.11 Å². The first-order valence-electron chi connectivity index (χ1n) is 7.23. The van der Waals surface area contributed by atoms with Crippen LogP contribution < -0.4 is 15.8 Å². The number of hydrogen-bond donors (Lipinski definition) is 3. The summed E-state index contributed by atoms with van der Waals surface area (Å²) in [5, 5.41) is 11.1. The van der Waals surface area contributed by atoms with Crippen molar-refractivity contribution in [2.75, 3.05) is 7.11 Å².